The Morgan fingerprint density at radius 1 is 1.19 bits per heavy atom. The summed E-state index contributed by atoms with van der Waals surface area (Å²) in [4.78, 5) is 23.6. The Bertz CT molecular complexity index is 886. The number of carbonyl (C=O) groups excluding carboxylic acids is 2. The van der Waals surface area contributed by atoms with Crippen molar-refractivity contribution in [1.82, 2.24) is 5.43 Å². The predicted octanol–water partition coefficient (Wildman–Crippen LogP) is 2.67. The number of nitrogens with one attached hydrogen (secondary N) is 2. The second-order valence-corrected chi connectivity index (χ2v) is 5.51. The number of halogens is 2. The molecule has 0 spiro atoms. The fourth-order valence-electron chi connectivity index (χ4n) is 1.91. The number of benzene rings is 2. The molecule has 0 saturated carbocycles. The minimum absolute atomic E-state index is 0.0366. The zero-order chi connectivity index (χ0) is 19.3. The molecule has 0 bridgehead atoms. The van der Waals surface area contributed by atoms with Gasteiger partial charge >= 0.3 is 11.8 Å². The highest BCUT2D eigenvalue weighted by Crippen LogP contribution is 2.26. The van der Waals surface area contributed by atoms with E-state index in [-0.39, 0.29) is 22.2 Å². The third kappa shape index (κ3) is 4.70. The van der Waals surface area contributed by atoms with Gasteiger partial charge < -0.3 is 15.2 Å². The van der Waals surface area contributed by atoms with E-state index in [2.05, 4.69) is 15.8 Å². The number of hydrazone groups is 1. The van der Waals surface area contributed by atoms with E-state index in [9.17, 15) is 19.1 Å². The summed E-state index contributed by atoms with van der Waals surface area (Å²) in [6.07, 6.45) is 0. The number of methoxy groups -OCH3 is 1. The van der Waals surface area contributed by atoms with Crippen LogP contribution in [0.25, 0.3) is 0 Å². The standard InChI is InChI=1S/C17H15ClFN3O4/c1-9(10-3-6-14(23)15(7-10)26-2)21-22-17(25)16(24)20-11-4-5-13(19)12(18)8-11/h3-8,23H,1-2H3,(H,20,24)(H,22,25). The Hall–Kier alpha value is -3.13. The maximum Gasteiger partial charge on any atom is 0.329 e. The molecule has 0 aliphatic rings. The second kappa shape index (κ2) is 8.30. The number of amides is 2. The Morgan fingerprint density at radius 2 is 1.92 bits per heavy atom. The molecule has 0 radical (unpaired) electrons. The molecule has 2 aromatic rings. The number of hydrogen-bond acceptors (Lipinski definition) is 5. The molecule has 3 N–H and O–H groups in total. The van der Waals surface area contributed by atoms with Gasteiger partial charge in [0.25, 0.3) is 0 Å². The van der Waals surface area contributed by atoms with Crippen LogP contribution in [0.3, 0.4) is 0 Å². The first kappa shape index (κ1) is 19.2. The van der Waals surface area contributed by atoms with Crippen LogP contribution >= 0.6 is 11.6 Å². The maximum atomic E-state index is 13.1. The van der Waals surface area contributed by atoms with Crippen LogP contribution in [-0.4, -0.2) is 29.7 Å². The van der Waals surface area contributed by atoms with Crippen LogP contribution in [0.15, 0.2) is 41.5 Å². The van der Waals surface area contributed by atoms with Gasteiger partial charge in [-0.2, -0.15) is 5.10 Å². The van der Waals surface area contributed by atoms with Crippen LogP contribution in [0.4, 0.5) is 10.1 Å². The van der Waals surface area contributed by atoms with E-state index in [0.29, 0.717) is 11.3 Å². The van der Waals surface area contributed by atoms with E-state index in [1.165, 1.54) is 31.4 Å². The van der Waals surface area contributed by atoms with Crippen molar-refractivity contribution in [2.75, 3.05) is 12.4 Å². The van der Waals surface area contributed by atoms with Crippen molar-refractivity contribution >= 4 is 34.8 Å². The predicted molar refractivity (Wildman–Crippen MR) is 95.1 cm³/mol. The van der Waals surface area contributed by atoms with E-state index < -0.39 is 17.6 Å². The summed E-state index contributed by atoms with van der Waals surface area (Å²) in [5.74, 6) is -2.44. The summed E-state index contributed by atoms with van der Waals surface area (Å²) in [5.41, 5.74) is 3.23. The van der Waals surface area contributed by atoms with Gasteiger partial charge in [0.05, 0.1) is 17.8 Å². The second-order valence-electron chi connectivity index (χ2n) is 5.11. The average Bonchev–Trinajstić information content (AvgIpc) is 2.62. The summed E-state index contributed by atoms with van der Waals surface area (Å²) in [5, 5.41) is 15.5. The normalized spacial score (nSPS) is 11.0. The Balaban J connectivity index is 2.03. The fraction of sp³-hybridized carbons (Fsp3) is 0.118. The molecule has 0 atom stereocenters. The van der Waals surface area contributed by atoms with Gasteiger partial charge in [-0.25, -0.2) is 9.82 Å². The van der Waals surface area contributed by atoms with Gasteiger partial charge in [-0.05, 0) is 43.3 Å². The summed E-state index contributed by atoms with van der Waals surface area (Å²) < 4.78 is 18.1. The molecule has 0 unspecified atom stereocenters. The van der Waals surface area contributed by atoms with Crippen LogP contribution in [-0.2, 0) is 9.59 Å². The van der Waals surface area contributed by atoms with Gasteiger partial charge in [-0.1, -0.05) is 11.6 Å². The number of nitrogens with zero attached hydrogens (tertiary/aromatic N) is 1. The van der Waals surface area contributed by atoms with E-state index in [1.807, 2.05) is 0 Å². The van der Waals surface area contributed by atoms with Crippen molar-refractivity contribution in [3.05, 3.63) is 52.8 Å². The zero-order valence-corrected chi connectivity index (χ0v) is 14.6. The molecule has 0 fully saturated rings. The Morgan fingerprint density at radius 3 is 2.58 bits per heavy atom. The fourth-order valence-corrected chi connectivity index (χ4v) is 2.09. The maximum absolute atomic E-state index is 13.1. The molecule has 26 heavy (non-hydrogen) atoms. The van der Waals surface area contributed by atoms with Gasteiger partial charge in [0.2, 0.25) is 0 Å². The Labute approximate surface area is 153 Å². The van der Waals surface area contributed by atoms with Crippen molar-refractivity contribution in [3.8, 4) is 11.5 Å². The lowest BCUT2D eigenvalue weighted by Gasteiger charge is -2.07. The van der Waals surface area contributed by atoms with Crippen molar-refractivity contribution in [3.63, 3.8) is 0 Å². The molecule has 2 rings (SSSR count). The van der Waals surface area contributed by atoms with Gasteiger partial charge in [-0.3, -0.25) is 9.59 Å². The molecular weight excluding hydrogens is 365 g/mol. The van der Waals surface area contributed by atoms with Gasteiger partial charge in [-0.15, -0.1) is 0 Å². The number of hydrogen-bond donors (Lipinski definition) is 3. The van der Waals surface area contributed by atoms with Crippen LogP contribution in [0.1, 0.15) is 12.5 Å². The van der Waals surface area contributed by atoms with Gasteiger partial charge in [0.15, 0.2) is 11.5 Å². The van der Waals surface area contributed by atoms with Gasteiger partial charge in [0.1, 0.15) is 5.82 Å². The first-order valence-electron chi connectivity index (χ1n) is 7.30. The summed E-state index contributed by atoms with van der Waals surface area (Å²) >= 11 is 5.61. The molecule has 9 heteroatoms. The highest BCUT2D eigenvalue weighted by Gasteiger charge is 2.14. The quantitative estimate of drug-likeness (QED) is 0.432. The molecule has 0 aliphatic heterocycles. The lowest BCUT2D eigenvalue weighted by Crippen LogP contribution is -2.32. The summed E-state index contributed by atoms with van der Waals surface area (Å²) in [6, 6.07) is 8.03. The van der Waals surface area contributed by atoms with E-state index in [0.717, 1.165) is 6.07 Å². The van der Waals surface area contributed by atoms with Crippen LogP contribution in [0, 0.1) is 5.82 Å². The minimum Gasteiger partial charge on any atom is -0.504 e. The molecule has 2 amide bonds. The minimum atomic E-state index is -1.02. The molecule has 0 saturated heterocycles. The zero-order valence-electron chi connectivity index (χ0n) is 13.8. The average molecular weight is 380 g/mol. The smallest absolute Gasteiger partial charge is 0.329 e. The van der Waals surface area contributed by atoms with Crippen LogP contribution < -0.4 is 15.5 Å². The highest BCUT2D eigenvalue weighted by atomic mass is 35.5. The third-order valence-electron chi connectivity index (χ3n) is 3.31. The number of anilines is 1. The molecule has 0 aromatic heterocycles. The first-order chi connectivity index (χ1) is 12.3. The van der Waals surface area contributed by atoms with Crippen molar-refractivity contribution < 1.29 is 23.8 Å². The van der Waals surface area contributed by atoms with E-state index in [4.69, 9.17) is 16.3 Å². The number of rotatable bonds is 4. The topological polar surface area (TPSA) is 100 Å². The summed E-state index contributed by atoms with van der Waals surface area (Å²) in [6.45, 7) is 1.60. The van der Waals surface area contributed by atoms with Crippen molar-refractivity contribution in [2.45, 2.75) is 6.92 Å². The van der Waals surface area contributed by atoms with E-state index >= 15 is 0 Å². The molecule has 2 aromatic carbocycles. The van der Waals surface area contributed by atoms with Crippen LogP contribution in [0.5, 0.6) is 11.5 Å². The number of carbonyl (C=O) groups is 2. The number of phenols is 1. The highest BCUT2D eigenvalue weighted by molar-refractivity contribution is 6.40. The van der Waals surface area contributed by atoms with Gasteiger partial charge in [0, 0.05) is 11.3 Å². The third-order valence-corrected chi connectivity index (χ3v) is 3.60. The summed E-state index contributed by atoms with van der Waals surface area (Å²) in [7, 11) is 1.40. The lowest BCUT2D eigenvalue weighted by atomic mass is 10.1. The Kier molecular flexibility index (Phi) is 6.13. The van der Waals surface area contributed by atoms with Crippen molar-refractivity contribution in [1.29, 1.82) is 0 Å². The first-order valence-corrected chi connectivity index (χ1v) is 7.67. The molecule has 7 nitrogen and oxygen atoms in total. The SMILES string of the molecule is COc1cc(C(C)=NNC(=O)C(=O)Nc2ccc(F)c(Cl)c2)ccc1O. The number of phenolic OH excluding ortho intramolecular Hbond substituents is 1. The van der Waals surface area contributed by atoms with Crippen LogP contribution in [0.2, 0.25) is 5.02 Å². The lowest BCUT2D eigenvalue weighted by molar-refractivity contribution is -0.136. The number of aromatic hydroxyl groups is 1. The van der Waals surface area contributed by atoms with Crippen molar-refractivity contribution in [2.24, 2.45) is 5.10 Å². The molecule has 0 aliphatic carbocycles. The molecule has 136 valence electrons. The number of ether oxygens (including phenoxy) is 1. The largest absolute Gasteiger partial charge is 0.504 e. The van der Waals surface area contributed by atoms with E-state index in [1.54, 1.807) is 13.0 Å². The molecular formula is C17H15ClFN3O4. The monoisotopic (exact) mass is 379 g/mol. The molecule has 0 heterocycles.